The number of anilines is 1. The van der Waals surface area contributed by atoms with Crippen LogP contribution >= 0.6 is 11.6 Å². The molecule has 1 aliphatic rings. The Hall–Kier alpha value is -3.89. The summed E-state index contributed by atoms with van der Waals surface area (Å²) in [6.07, 6.45) is -1.13. The van der Waals surface area contributed by atoms with Crippen LogP contribution in [0.25, 0.3) is 16.9 Å². The summed E-state index contributed by atoms with van der Waals surface area (Å²) >= 11 is 6.52. The van der Waals surface area contributed by atoms with Gasteiger partial charge in [0.15, 0.2) is 11.2 Å². The third-order valence-electron chi connectivity index (χ3n) is 6.07. The summed E-state index contributed by atoms with van der Waals surface area (Å²) in [6.45, 7) is 2.58. The summed E-state index contributed by atoms with van der Waals surface area (Å²) in [5, 5.41) is 13.6. The van der Waals surface area contributed by atoms with Crippen molar-refractivity contribution in [3.05, 3.63) is 86.0 Å². The predicted molar refractivity (Wildman–Crippen MR) is 133 cm³/mol. The average Bonchev–Trinajstić information content (AvgIpc) is 3.25. The third kappa shape index (κ3) is 4.11. The van der Waals surface area contributed by atoms with Crippen molar-refractivity contribution in [1.82, 2.24) is 24.0 Å². The molecule has 0 unspecified atom stereocenters. The minimum Gasteiger partial charge on any atom is -0.464 e. The van der Waals surface area contributed by atoms with Gasteiger partial charge in [-0.05, 0) is 24.1 Å². The van der Waals surface area contributed by atoms with Crippen LogP contribution in [0.5, 0.6) is 0 Å². The molecule has 1 aliphatic heterocycles. The standard InChI is InChI=1S/C24H23ClN6O4/c25-17-8-4-5-9-18(17)30-19-20(27-22(30)28-14-11-26-12-15-28)31(24(34)35)23(33)29(21(19)32)13-10-16-6-2-1-3-7-16/h1-9,26H,10-15H2,(H,34,35). The highest BCUT2D eigenvalue weighted by atomic mass is 35.5. The van der Waals surface area contributed by atoms with E-state index in [0.717, 1.165) is 10.1 Å². The van der Waals surface area contributed by atoms with Crippen LogP contribution < -0.4 is 21.5 Å². The lowest BCUT2D eigenvalue weighted by molar-refractivity contribution is 0.195. The van der Waals surface area contributed by atoms with Gasteiger partial charge < -0.3 is 15.3 Å². The van der Waals surface area contributed by atoms with Gasteiger partial charge in [0.25, 0.3) is 5.56 Å². The third-order valence-corrected chi connectivity index (χ3v) is 6.39. The Morgan fingerprint density at radius 2 is 1.71 bits per heavy atom. The molecule has 11 heteroatoms. The summed E-state index contributed by atoms with van der Waals surface area (Å²) in [6, 6.07) is 16.3. The fourth-order valence-corrected chi connectivity index (χ4v) is 4.58. The van der Waals surface area contributed by atoms with Gasteiger partial charge >= 0.3 is 11.8 Å². The van der Waals surface area contributed by atoms with Crippen molar-refractivity contribution in [2.24, 2.45) is 0 Å². The van der Waals surface area contributed by atoms with E-state index in [1.807, 2.05) is 35.2 Å². The van der Waals surface area contributed by atoms with Crippen LogP contribution in [-0.4, -0.2) is 56.1 Å². The van der Waals surface area contributed by atoms with Crippen molar-refractivity contribution in [2.45, 2.75) is 13.0 Å². The maximum atomic E-state index is 13.8. The fourth-order valence-electron chi connectivity index (χ4n) is 4.36. The van der Waals surface area contributed by atoms with E-state index < -0.39 is 17.3 Å². The van der Waals surface area contributed by atoms with E-state index >= 15 is 0 Å². The normalized spacial score (nSPS) is 13.9. The van der Waals surface area contributed by atoms with E-state index in [1.165, 1.54) is 0 Å². The van der Waals surface area contributed by atoms with Crippen molar-refractivity contribution in [2.75, 3.05) is 31.1 Å². The number of piperazine rings is 1. The largest absolute Gasteiger partial charge is 0.464 e. The lowest BCUT2D eigenvalue weighted by atomic mass is 10.1. The molecule has 0 spiro atoms. The number of hydrogen-bond acceptors (Lipinski definition) is 6. The quantitative estimate of drug-likeness (QED) is 0.437. The molecule has 35 heavy (non-hydrogen) atoms. The van der Waals surface area contributed by atoms with E-state index in [0.29, 0.717) is 53.8 Å². The Kier molecular flexibility index (Phi) is 6.14. The summed E-state index contributed by atoms with van der Waals surface area (Å²) in [4.78, 5) is 45.7. The molecule has 0 aliphatic carbocycles. The van der Waals surface area contributed by atoms with E-state index in [2.05, 4.69) is 10.3 Å². The smallest absolute Gasteiger partial charge is 0.421 e. The molecule has 0 atom stereocenters. The van der Waals surface area contributed by atoms with E-state index in [-0.39, 0.29) is 17.7 Å². The van der Waals surface area contributed by atoms with Crippen molar-refractivity contribution in [3.63, 3.8) is 0 Å². The molecule has 4 aromatic rings. The highest BCUT2D eigenvalue weighted by Crippen LogP contribution is 2.29. The van der Waals surface area contributed by atoms with Gasteiger partial charge in [-0.1, -0.05) is 54.1 Å². The highest BCUT2D eigenvalue weighted by molar-refractivity contribution is 6.32. The average molecular weight is 495 g/mol. The number of benzene rings is 2. The van der Waals surface area contributed by atoms with Crippen LogP contribution in [0.3, 0.4) is 0 Å². The molecule has 2 aromatic carbocycles. The van der Waals surface area contributed by atoms with Gasteiger partial charge in [-0.15, -0.1) is 0 Å². The zero-order chi connectivity index (χ0) is 24.5. The number of nitrogens with zero attached hydrogens (tertiary/aromatic N) is 5. The van der Waals surface area contributed by atoms with Crippen LogP contribution in [0.1, 0.15) is 5.56 Å². The maximum Gasteiger partial charge on any atom is 0.421 e. The second-order valence-electron chi connectivity index (χ2n) is 8.20. The molecule has 0 saturated carbocycles. The molecule has 0 amide bonds. The van der Waals surface area contributed by atoms with Crippen molar-refractivity contribution < 1.29 is 9.90 Å². The fraction of sp³-hybridized carbons (Fsp3) is 0.250. The number of para-hydroxylation sites is 1. The molecule has 2 aromatic heterocycles. The van der Waals surface area contributed by atoms with Gasteiger partial charge in [0.1, 0.15) is 0 Å². The van der Waals surface area contributed by atoms with Crippen molar-refractivity contribution >= 4 is 34.8 Å². The Morgan fingerprint density at radius 1 is 1.03 bits per heavy atom. The number of halogens is 1. The molecule has 1 fully saturated rings. The Labute approximate surface area is 204 Å². The minimum atomic E-state index is -1.51. The summed E-state index contributed by atoms with van der Waals surface area (Å²) in [7, 11) is 0. The number of aryl methyl sites for hydroxylation is 1. The Morgan fingerprint density at radius 3 is 2.40 bits per heavy atom. The summed E-state index contributed by atoms with van der Waals surface area (Å²) in [5.41, 5.74) is -0.387. The zero-order valence-electron chi connectivity index (χ0n) is 18.7. The number of nitrogens with one attached hydrogen (secondary N) is 1. The number of fused-ring (bicyclic) bond motifs is 1. The van der Waals surface area contributed by atoms with Gasteiger partial charge in [-0.3, -0.25) is 13.9 Å². The number of rotatable bonds is 5. The van der Waals surface area contributed by atoms with Crippen molar-refractivity contribution in [3.8, 4) is 5.69 Å². The number of aromatic nitrogens is 4. The number of hydrogen-bond donors (Lipinski definition) is 2. The van der Waals surface area contributed by atoms with Crippen LogP contribution in [0.4, 0.5) is 10.7 Å². The number of imidazole rings is 1. The van der Waals surface area contributed by atoms with E-state index in [4.69, 9.17) is 11.6 Å². The molecule has 3 heterocycles. The van der Waals surface area contributed by atoms with Gasteiger partial charge in [0, 0.05) is 32.7 Å². The first-order valence-electron chi connectivity index (χ1n) is 11.2. The van der Waals surface area contributed by atoms with Gasteiger partial charge in [-0.2, -0.15) is 9.55 Å². The van der Waals surface area contributed by atoms with E-state index in [1.54, 1.807) is 28.8 Å². The van der Waals surface area contributed by atoms with Crippen molar-refractivity contribution in [1.29, 1.82) is 0 Å². The summed E-state index contributed by atoms with van der Waals surface area (Å²) < 4.78 is 3.07. The SMILES string of the molecule is O=C(O)n1c(=O)n(CCc2ccccc2)c(=O)c2c1nc(N1CCNCC1)n2-c1ccccc1Cl. The van der Waals surface area contributed by atoms with Gasteiger partial charge in [-0.25, -0.2) is 9.59 Å². The van der Waals surface area contributed by atoms with E-state index in [9.17, 15) is 19.5 Å². The van der Waals surface area contributed by atoms with Gasteiger partial charge in [0.2, 0.25) is 5.95 Å². The first-order chi connectivity index (χ1) is 17.0. The number of carbonyl (C=O) groups is 1. The number of carboxylic acid groups (broad SMARTS) is 1. The predicted octanol–water partition coefficient (Wildman–Crippen LogP) is 2.18. The Balaban J connectivity index is 1.80. The summed E-state index contributed by atoms with van der Waals surface area (Å²) in [5.74, 6) is 0.363. The van der Waals surface area contributed by atoms with Gasteiger partial charge in [0.05, 0.1) is 10.7 Å². The molecule has 2 N–H and O–H groups in total. The van der Waals surface area contributed by atoms with Crippen LogP contribution in [0.15, 0.2) is 64.2 Å². The second kappa shape index (κ2) is 9.40. The first kappa shape index (κ1) is 22.9. The second-order valence-corrected chi connectivity index (χ2v) is 8.61. The highest BCUT2D eigenvalue weighted by Gasteiger charge is 2.28. The Bertz CT molecular complexity index is 1520. The monoisotopic (exact) mass is 494 g/mol. The molecule has 0 radical (unpaired) electrons. The lowest BCUT2D eigenvalue weighted by Crippen LogP contribution is -2.44. The lowest BCUT2D eigenvalue weighted by Gasteiger charge is -2.28. The van der Waals surface area contributed by atoms with Crippen LogP contribution in [0, 0.1) is 0 Å². The minimum absolute atomic E-state index is 0.0123. The zero-order valence-corrected chi connectivity index (χ0v) is 19.5. The molecular weight excluding hydrogens is 472 g/mol. The maximum absolute atomic E-state index is 13.8. The molecule has 0 bridgehead atoms. The molecule has 10 nitrogen and oxygen atoms in total. The first-order valence-corrected chi connectivity index (χ1v) is 11.6. The van der Waals surface area contributed by atoms with Crippen LogP contribution in [0.2, 0.25) is 5.02 Å². The molecule has 1 saturated heterocycles. The molecule has 5 rings (SSSR count). The van der Waals surface area contributed by atoms with Crippen LogP contribution in [-0.2, 0) is 13.0 Å². The molecule has 180 valence electrons. The topological polar surface area (TPSA) is 114 Å². The molecular formula is C24H23ClN6O4.